The molecule has 0 saturated carbocycles. The van der Waals surface area contributed by atoms with Crippen LogP contribution in [0.3, 0.4) is 0 Å². The van der Waals surface area contributed by atoms with E-state index in [0.717, 1.165) is 44.4 Å². The van der Waals surface area contributed by atoms with Crippen LogP contribution in [0.5, 0.6) is 5.75 Å². The van der Waals surface area contributed by atoms with Gasteiger partial charge < -0.3 is 9.30 Å². The van der Waals surface area contributed by atoms with Crippen LogP contribution in [0.25, 0.3) is 34.3 Å². The molecule has 0 unspecified atom stereocenters. The number of hydrogen-bond donors (Lipinski definition) is 1. The number of imide groups is 2. The molecule has 1 aliphatic rings. The van der Waals surface area contributed by atoms with E-state index < -0.39 is 17.8 Å². The molecule has 0 aliphatic carbocycles. The number of aryl methyl sites for hydroxylation is 1. The predicted octanol–water partition coefficient (Wildman–Crippen LogP) is 7.18. The number of nitrogens with zero attached hydrogens (tertiary/aromatic N) is 2. The molecule has 4 aromatic carbocycles. The number of anilines is 1. The maximum atomic E-state index is 13.8. The normalized spacial score (nSPS) is 14.2. The molecule has 4 amide bonds. The van der Waals surface area contributed by atoms with Crippen LogP contribution in [0.4, 0.5) is 10.5 Å². The fraction of sp³-hybridized carbons (Fsp3) is 0.0833. The van der Waals surface area contributed by atoms with E-state index >= 15 is 0 Å². The van der Waals surface area contributed by atoms with Crippen LogP contribution in [0.2, 0.25) is 0 Å². The maximum absolute atomic E-state index is 13.8. The van der Waals surface area contributed by atoms with Gasteiger partial charge in [-0.1, -0.05) is 72.8 Å². The van der Waals surface area contributed by atoms with Crippen LogP contribution < -0.4 is 15.0 Å². The summed E-state index contributed by atoms with van der Waals surface area (Å²) < 4.78 is 7.80. The summed E-state index contributed by atoms with van der Waals surface area (Å²) in [7, 11) is 0. The van der Waals surface area contributed by atoms with E-state index in [0.29, 0.717) is 17.9 Å². The molecule has 6 rings (SSSR count). The smallest absolute Gasteiger partial charge is 0.335 e. The molecule has 1 saturated heterocycles. The average molecular weight is 568 g/mol. The molecule has 5 aromatic rings. The summed E-state index contributed by atoms with van der Waals surface area (Å²) >= 11 is 0. The van der Waals surface area contributed by atoms with Gasteiger partial charge in [-0.25, -0.2) is 9.69 Å². The highest BCUT2D eigenvalue weighted by atomic mass is 16.5. The predicted molar refractivity (Wildman–Crippen MR) is 168 cm³/mol. The Kier molecular flexibility index (Phi) is 7.45. The quantitative estimate of drug-likeness (QED) is 0.167. The van der Waals surface area contributed by atoms with E-state index in [1.165, 1.54) is 0 Å². The lowest BCUT2D eigenvalue weighted by atomic mass is 10.0. The fourth-order valence-corrected chi connectivity index (χ4v) is 5.29. The van der Waals surface area contributed by atoms with Crippen molar-refractivity contribution in [2.24, 2.45) is 0 Å². The molecule has 7 heteroatoms. The van der Waals surface area contributed by atoms with Crippen LogP contribution in [-0.2, 0) is 9.59 Å². The number of hydrogen-bond acceptors (Lipinski definition) is 4. The van der Waals surface area contributed by atoms with Gasteiger partial charge in [-0.15, -0.1) is 0 Å². The van der Waals surface area contributed by atoms with Crippen LogP contribution in [-0.4, -0.2) is 29.0 Å². The fourth-order valence-electron chi connectivity index (χ4n) is 5.29. The van der Waals surface area contributed by atoms with Crippen molar-refractivity contribution in [1.82, 2.24) is 9.88 Å². The van der Waals surface area contributed by atoms with E-state index in [2.05, 4.69) is 9.88 Å². The minimum absolute atomic E-state index is 0.137. The Balaban J connectivity index is 1.58. The second kappa shape index (κ2) is 11.7. The summed E-state index contributed by atoms with van der Waals surface area (Å²) in [6, 6.07) is 35.8. The minimum Gasteiger partial charge on any atom is -0.494 e. The number of aromatic nitrogens is 1. The second-order valence-electron chi connectivity index (χ2n) is 10.1. The highest BCUT2D eigenvalue weighted by Gasteiger charge is 2.37. The molecule has 0 spiro atoms. The first-order valence-corrected chi connectivity index (χ1v) is 14.0. The number of nitrogens with one attached hydrogen (secondary N) is 1. The van der Waals surface area contributed by atoms with Gasteiger partial charge in [0, 0.05) is 11.3 Å². The summed E-state index contributed by atoms with van der Waals surface area (Å²) in [5.74, 6) is -0.671. The molecule has 0 radical (unpaired) electrons. The lowest BCUT2D eigenvalue weighted by Gasteiger charge is -2.26. The van der Waals surface area contributed by atoms with Gasteiger partial charge in [-0.2, -0.15) is 0 Å². The number of urea groups is 1. The molecular weight excluding hydrogens is 538 g/mol. The Bertz CT molecular complexity index is 1860. The van der Waals surface area contributed by atoms with Gasteiger partial charge in [0.2, 0.25) is 0 Å². The van der Waals surface area contributed by atoms with Crippen molar-refractivity contribution < 1.29 is 19.1 Å². The first kappa shape index (κ1) is 27.5. The zero-order chi connectivity index (χ0) is 29.9. The minimum atomic E-state index is -0.780. The van der Waals surface area contributed by atoms with Crippen molar-refractivity contribution in [3.05, 3.63) is 132 Å². The largest absolute Gasteiger partial charge is 0.494 e. The van der Waals surface area contributed by atoms with E-state index in [1.807, 2.05) is 111 Å². The Morgan fingerprint density at radius 2 is 1.42 bits per heavy atom. The monoisotopic (exact) mass is 567 g/mol. The Morgan fingerprint density at radius 1 is 0.744 bits per heavy atom. The first-order chi connectivity index (χ1) is 20.9. The van der Waals surface area contributed by atoms with Crippen LogP contribution >= 0.6 is 0 Å². The molecular formula is C36H29N3O4. The highest BCUT2D eigenvalue weighted by Crippen LogP contribution is 2.38. The van der Waals surface area contributed by atoms with Gasteiger partial charge in [0.25, 0.3) is 11.8 Å². The van der Waals surface area contributed by atoms with Gasteiger partial charge in [-0.05, 0) is 79.1 Å². The third-order valence-corrected chi connectivity index (χ3v) is 7.21. The van der Waals surface area contributed by atoms with E-state index in [1.54, 1.807) is 24.3 Å². The summed E-state index contributed by atoms with van der Waals surface area (Å²) in [5.41, 5.74) is 6.16. The number of ether oxygens (including phenoxy) is 1. The number of amides is 4. The van der Waals surface area contributed by atoms with Crippen LogP contribution in [0, 0.1) is 6.92 Å². The SMILES string of the molecule is CCOc1ccc(-n2c(-c3ccccc3)cc(/C=C3\C(=O)NC(=O)N(c4cccc(C)c4)C3=O)c2-c2ccccc2)cc1. The number of rotatable bonds is 7. The van der Waals surface area contributed by atoms with Crippen LogP contribution in [0.1, 0.15) is 18.1 Å². The average Bonchev–Trinajstić information content (AvgIpc) is 3.40. The number of barbiturate groups is 1. The van der Waals surface area contributed by atoms with Crippen molar-refractivity contribution >= 4 is 29.6 Å². The van der Waals surface area contributed by atoms with Crippen LogP contribution in [0.15, 0.2) is 121 Å². The molecule has 1 N–H and O–H groups in total. The molecule has 7 nitrogen and oxygen atoms in total. The van der Waals surface area contributed by atoms with E-state index in [4.69, 9.17) is 4.74 Å². The highest BCUT2D eigenvalue weighted by molar-refractivity contribution is 6.39. The van der Waals surface area contributed by atoms with Crippen molar-refractivity contribution in [3.8, 4) is 34.0 Å². The molecule has 1 aliphatic heterocycles. The third kappa shape index (κ3) is 5.36. The number of carbonyl (C=O) groups is 3. The Labute approximate surface area is 249 Å². The molecule has 0 atom stereocenters. The number of benzene rings is 4. The molecule has 212 valence electrons. The van der Waals surface area contributed by atoms with Gasteiger partial charge >= 0.3 is 6.03 Å². The summed E-state index contributed by atoms with van der Waals surface area (Å²) in [4.78, 5) is 40.8. The van der Waals surface area contributed by atoms with Crippen molar-refractivity contribution in [3.63, 3.8) is 0 Å². The molecule has 0 bridgehead atoms. The molecule has 1 fully saturated rings. The zero-order valence-corrected chi connectivity index (χ0v) is 23.8. The second-order valence-corrected chi connectivity index (χ2v) is 10.1. The summed E-state index contributed by atoms with van der Waals surface area (Å²) in [5, 5.41) is 2.35. The zero-order valence-electron chi connectivity index (χ0n) is 23.8. The standard InChI is InChI=1S/C36H29N3O4/c1-3-43-30-19-17-28(18-20-30)38-32(25-12-6-4-7-13-25)23-27(33(38)26-14-8-5-9-15-26)22-31-34(40)37-36(42)39(35(31)41)29-16-10-11-24(2)21-29/h4-23H,3H2,1-2H3,(H,37,40,42)/b31-22+. The first-order valence-electron chi connectivity index (χ1n) is 14.0. The summed E-state index contributed by atoms with van der Waals surface area (Å²) in [6.07, 6.45) is 1.58. The Morgan fingerprint density at radius 3 is 2.07 bits per heavy atom. The van der Waals surface area contributed by atoms with Gasteiger partial charge in [0.1, 0.15) is 11.3 Å². The third-order valence-electron chi connectivity index (χ3n) is 7.21. The van der Waals surface area contributed by atoms with Crippen molar-refractivity contribution in [2.45, 2.75) is 13.8 Å². The molecule has 2 heterocycles. The topological polar surface area (TPSA) is 80.6 Å². The molecule has 1 aromatic heterocycles. The van der Waals surface area contributed by atoms with E-state index in [9.17, 15) is 14.4 Å². The van der Waals surface area contributed by atoms with Crippen molar-refractivity contribution in [1.29, 1.82) is 0 Å². The molecule has 43 heavy (non-hydrogen) atoms. The number of carbonyl (C=O) groups excluding carboxylic acids is 3. The van der Waals surface area contributed by atoms with E-state index in [-0.39, 0.29) is 5.57 Å². The maximum Gasteiger partial charge on any atom is 0.335 e. The Hall–Kier alpha value is -5.69. The van der Waals surface area contributed by atoms with Gasteiger partial charge in [-0.3, -0.25) is 14.9 Å². The lowest BCUT2D eigenvalue weighted by molar-refractivity contribution is -0.122. The van der Waals surface area contributed by atoms with Gasteiger partial charge in [0.15, 0.2) is 0 Å². The summed E-state index contributed by atoms with van der Waals surface area (Å²) in [6.45, 7) is 4.37. The lowest BCUT2D eigenvalue weighted by Crippen LogP contribution is -2.54. The van der Waals surface area contributed by atoms with Crippen molar-refractivity contribution in [2.75, 3.05) is 11.5 Å². The van der Waals surface area contributed by atoms with Gasteiger partial charge in [0.05, 0.1) is 23.7 Å².